The maximum atomic E-state index is 10.9. The van der Waals surface area contributed by atoms with Gasteiger partial charge in [0.1, 0.15) is 5.56 Å². The third-order valence-electron chi connectivity index (χ3n) is 2.62. The molecule has 102 valence electrons. The summed E-state index contributed by atoms with van der Waals surface area (Å²) in [5, 5.41) is 19.8. The van der Waals surface area contributed by atoms with E-state index in [2.05, 4.69) is 6.58 Å². The molecule has 0 heterocycles. The Balaban J connectivity index is 3.24. The predicted molar refractivity (Wildman–Crippen MR) is 72.8 cm³/mol. The zero-order valence-corrected chi connectivity index (χ0v) is 10.9. The van der Waals surface area contributed by atoms with Gasteiger partial charge in [-0.1, -0.05) is 12.2 Å². The van der Waals surface area contributed by atoms with Crippen molar-refractivity contribution in [3.8, 4) is 0 Å². The second-order valence-corrected chi connectivity index (χ2v) is 4.23. The van der Waals surface area contributed by atoms with Crippen LogP contribution in [0.2, 0.25) is 0 Å². The molecular weight excluding hydrogens is 248 g/mol. The fraction of sp³-hybridized carbons (Fsp3) is 0.308. The predicted octanol–water partition coefficient (Wildman–Crippen LogP) is 2.70. The molecule has 1 N–H and O–H groups in total. The Morgan fingerprint density at radius 1 is 1.53 bits per heavy atom. The topological polar surface area (TPSA) is 83.7 Å². The highest BCUT2D eigenvalue weighted by Gasteiger charge is 2.21. The molecule has 1 aromatic carbocycles. The summed E-state index contributed by atoms with van der Waals surface area (Å²) in [5.74, 6) is -1.30. The number of hydrogen-bond donors (Lipinski definition) is 1. The van der Waals surface area contributed by atoms with Crippen molar-refractivity contribution in [3.63, 3.8) is 0 Å². The van der Waals surface area contributed by atoms with Gasteiger partial charge in [-0.05, 0) is 26.0 Å². The largest absolute Gasteiger partial charge is 0.477 e. The lowest BCUT2D eigenvalue weighted by atomic mass is 10.1. The molecule has 6 heteroatoms. The molecule has 0 aliphatic heterocycles. The summed E-state index contributed by atoms with van der Waals surface area (Å²) < 4.78 is 0. The molecule has 0 spiro atoms. The van der Waals surface area contributed by atoms with Gasteiger partial charge in [0.05, 0.1) is 4.92 Å². The summed E-state index contributed by atoms with van der Waals surface area (Å²) >= 11 is 0. The molecule has 1 aromatic rings. The summed E-state index contributed by atoms with van der Waals surface area (Å²) in [4.78, 5) is 23.1. The highest BCUT2D eigenvalue weighted by atomic mass is 16.6. The number of carbonyl (C=O) groups is 1. The quantitative estimate of drug-likeness (QED) is 0.485. The fourth-order valence-electron chi connectivity index (χ4n) is 1.76. The van der Waals surface area contributed by atoms with Crippen molar-refractivity contribution >= 4 is 17.3 Å². The molecule has 0 saturated heterocycles. The molecule has 0 bridgehead atoms. The maximum Gasteiger partial charge on any atom is 0.342 e. The highest BCUT2D eigenvalue weighted by Crippen LogP contribution is 2.26. The van der Waals surface area contributed by atoms with Crippen LogP contribution in [-0.4, -0.2) is 29.1 Å². The van der Waals surface area contributed by atoms with Crippen LogP contribution in [0.25, 0.3) is 0 Å². The number of nitrogens with zero attached hydrogens (tertiary/aromatic N) is 2. The summed E-state index contributed by atoms with van der Waals surface area (Å²) in [6, 6.07) is 4.12. The standard InChI is InChI=1S/C13H16N2O4/c1-4-14(8-9(2)3)10-5-6-11(13(16)17)12(7-10)15(18)19/h5-7H,2,4,8H2,1,3H3,(H,16,17). The van der Waals surface area contributed by atoms with E-state index in [0.29, 0.717) is 18.8 Å². The SMILES string of the molecule is C=C(C)CN(CC)c1ccc(C(=O)O)c([N+](=O)[O-])c1. The second kappa shape index (κ2) is 5.99. The van der Waals surface area contributed by atoms with Crippen LogP contribution in [0.4, 0.5) is 11.4 Å². The van der Waals surface area contributed by atoms with E-state index < -0.39 is 16.6 Å². The van der Waals surface area contributed by atoms with Crippen LogP contribution >= 0.6 is 0 Å². The Kier molecular flexibility index (Phi) is 4.63. The van der Waals surface area contributed by atoms with Gasteiger partial charge in [-0.15, -0.1) is 0 Å². The maximum absolute atomic E-state index is 10.9. The van der Waals surface area contributed by atoms with Crippen LogP contribution in [0.1, 0.15) is 24.2 Å². The van der Waals surface area contributed by atoms with Crippen LogP contribution in [0.3, 0.4) is 0 Å². The van der Waals surface area contributed by atoms with Gasteiger partial charge >= 0.3 is 5.97 Å². The van der Waals surface area contributed by atoms with Gasteiger partial charge in [-0.2, -0.15) is 0 Å². The molecule has 0 atom stereocenters. The first-order valence-corrected chi connectivity index (χ1v) is 5.77. The van der Waals surface area contributed by atoms with Gasteiger partial charge in [0.2, 0.25) is 0 Å². The molecule has 0 aliphatic rings. The Labute approximate surface area is 111 Å². The molecule has 0 amide bonds. The average Bonchev–Trinajstić information content (AvgIpc) is 2.34. The van der Waals surface area contributed by atoms with Crippen molar-refractivity contribution in [2.24, 2.45) is 0 Å². The lowest BCUT2D eigenvalue weighted by molar-refractivity contribution is -0.385. The molecule has 0 aliphatic carbocycles. The normalized spacial score (nSPS) is 10.0. The number of rotatable bonds is 6. The number of anilines is 1. The van der Waals surface area contributed by atoms with Crippen LogP contribution in [0.15, 0.2) is 30.4 Å². The summed E-state index contributed by atoms with van der Waals surface area (Å²) in [6.07, 6.45) is 0. The van der Waals surface area contributed by atoms with Crippen molar-refractivity contribution in [1.29, 1.82) is 0 Å². The van der Waals surface area contributed by atoms with Crippen LogP contribution in [-0.2, 0) is 0 Å². The average molecular weight is 264 g/mol. The zero-order valence-electron chi connectivity index (χ0n) is 10.9. The van der Waals surface area contributed by atoms with Gasteiger partial charge < -0.3 is 10.0 Å². The van der Waals surface area contributed by atoms with Crippen LogP contribution in [0.5, 0.6) is 0 Å². The minimum Gasteiger partial charge on any atom is -0.477 e. The smallest absolute Gasteiger partial charge is 0.342 e. The number of carboxylic acids is 1. The Bertz CT molecular complexity index is 525. The molecule has 6 nitrogen and oxygen atoms in total. The number of nitro benzene ring substituents is 1. The molecule has 19 heavy (non-hydrogen) atoms. The number of carboxylic acid groups (broad SMARTS) is 1. The van der Waals surface area contributed by atoms with E-state index in [-0.39, 0.29) is 5.56 Å². The number of benzene rings is 1. The first-order valence-electron chi connectivity index (χ1n) is 5.77. The van der Waals surface area contributed by atoms with Crippen molar-refractivity contribution in [2.75, 3.05) is 18.0 Å². The molecule has 0 saturated carbocycles. The van der Waals surface area contributed by atoms with E-state index in [4.69, 9.17) is 5.11 Å². The zero-order chi connectivity index (χ0) is 14.6. The van der Waals surface area contributed by atoms with Crippen molar-refractivity contribution in [2.45, 2.75) is 13.8 Å². The second-order valence-electron chi connectivity index (χ2n) is 4.23. The minimum atomic E-state index is -1.30. The van der Waals surface area contributed by atoms with Gasteiger partial charge in [-0.25, -0.2) is 4.79 Å². The number of aromatic carboxylic acids is 1. The van der Waals surface area contributed by atoms with Crippen molar-refractivity contribution in [3.05, 3.63) is 46.0 Å². The number of hydrogen-bond acceptors (Lipinski definition) is 4. The lowest BCUT2D eigenvalue weighted by Crippen LogP contribution is -2.24. The van der Waals surface area contributed by atoms with Crippen LogP contribution < -0.4 is 4.90 Å². The van der Waals surface area contributed by atoms with E-state index in [1.165, 1.54) is 12.1 Å². The first-order chi connectivity index (χ1) is 8.86. The molecule has 1 rings (SSSR count). The molecule has 0 radical (unpaired) electrons. The third-order valence-corrected chi connectivity index (χ3v) is 2.62. The molecular formula is C13H16N2O4. The van der Waals surface area contributed by atoms with E-state index in [9.17, 15) is 14.9 Å². The third kappa shape index (κ3) is 3.54. The van der Waals surface area contributed by atoms with Crippen molar-refractivity contribution in [1.82, 2.24) is 0 Å². The van der Waals surface area contributed by atoms with E-state index >= 15 is 0 Å². The first kappa shape index (κ1) is 14.7. The van der Waals surface area contributed by atoms with E-state index in [1.54, 1.807) is 6.07 Å². The van der Waals surface area contributed by atoms with Crippen LogP contribution in [0, 0.1) is 10.1 Å². The molecule has 0 aromatic heterocycles. The minimum absolute atomic E-state index is 0.305. The lowest BCUT2D eigenvalue weighted by Gasteiger charge is -2.23. The number of likely N-dealkylation sites (N-methyl/N-ethyl adjacent to an activating group) is 1. The van der Waals surface area contributed by atoms with E-state index in [0.717, 1.165) is 5.57 Å². The summed E-state index contributed by atoms with van der Waals surface area (Å²) in [5.41, 5.74) is 0.833. The monoisotopic (exact) mass is 264 g/mol. The van der Waals surface area contributed by atoms with Gasteiger partial charge in [0, 0.05) is 24.8 Å². The summed E-state index contributed by atoms with van der Waals surface area (Å²) in [6.45, 7) is 8.80. The molecule has 0 unspecified atom stereocenters. The highest BCUT2D eigenvalue weighted by molar-refractivity contribution is 5.93. The number of nitro groups is 1. The van der Waals surface area contributed by atoms with Crippen molar-refractivity contribution < 1.29 is 14.8 Å². The Morgan fingerprint density at radius 2 is 2.16 bits per heavy atom. The Morgan fingerprint density at radius 3 is 2.58 bits per heavy atom. The fourth-order valence-corrected chi connectivity index (χ4v) is 1.76. The van der Waals surface area contributed by atoms with E-state index in [1.807, 2.05) is 18.7 Å². The molecule has 0 fully saturated rings. The van der Waals surface area contributed by atoms with Gasteiger partial charge in [0.15, 0.2) is 0 Å². The summed E-state index contributed by atoms with van der Waals surface area (Å²) in [7, 11) is 0. The Hall–Kier alpha value is -2.37. The van der Waals surface area contributed by atoms with Gasteiger partial charge in [-0.3, -0.25) is 10.1 Å². The van der Waals surface area contributed by atoms with Gasteiger partial charge in [0.25, 0.3) is 5.69 Å².